The van der Waals surface area contributed by atoms with Crippen molar-refractivity contribution in [3.05, 3.63) is 58.9 Å². The molecule has 0 bridgehead atoms. The molecule has 32 heavy (non-hydrogen) atoms. The number of thiazole rings is 1. The number of fused-ring (bicyclic) bond motifs is 2. The third-order valence-electron chi connectivity index (χ3n) is 6.37. The van der Waals surface area contributed by atoms with Gasteiger partial charge in [-0.2, -0.15) is 0 Å². The number of anilines is 1. The third kappa shape index (κ3) is 4.70. The highest BCUT2D eigenvalue weighted by Crippen LogP contribution is 2.31. The lowest BCUT2D eigenvalue weighted by molar-refractivity contribution is 0.0376. The van der Waals surface area contributed by atoms with E-state index in [0.717, 1.165) is 62.3 Å². The Labute approximate surface area is 191 Å². The lowest BCUT2D eigenvalue weighted by Crippen LogP contribution is -2.39. The molecule has 1 fully saturated rings. The number of aromatic nitrogens is 1. The molecule has 5 rings (SSSR count). The molecule has 1 aliphatic heterocycles. The van der Waals surface area contributed by atoms with Crippen molar-refractivity contribution in [1.82, 2.24) is 9.88 Å². The predicted molar refractivity (Wildman–Crippen MR) is 126 cm³/mol. The van der Waals surface area contributed by atoms with Crippen LogP contribution in [-0.2, 0) is 17.6 Å². The molecule has 0 unspecified atom stereocenters. The molecule has 2 aromatic carbocycles. The standard InChI is InChI=1S/C25H28FN3O2S/c26-21-8-9-22-23(17-21)32-25(27-22)29(11-3-10-28-12-14-31-15-13-28)24(30)20-7-6-18-4-1-2-5-19(18)16-20/h6-9,16-17H,1-5,10-15H2. The maximum absolute atomic E-state index is 13.7. The molecule has 0 N–H and O–H groups in total. The van der Waals surface area contributed by atoms with Crippen LogP contribution in [0.1, 0.15) is 40.7 Å². The van der Waals surface area contributed by atoms with Crippen LogP contribution in [0.2, 0.25) is 0 Å². The smallest absolute Gasteiger partial charge is 0.260 e. The van der Waals surface area contributed by atoms with Gasteiger partial charge in [-0.3, -0.25) is 14.6 Å². The van der Waals surface area contributed by atoms with Crippen molar-refractivity contribution in [3.8, 4) is 0 Å². The Hall–Kier alpha value is -2.35. The van der Waals surface area contributed by atoms with Crippen molar-refractivity contribution >= 4 is 32.6 Å². The molecule has 168 valence electrons. The van der Waals surface area contributed by atoms with E-state index >= 15 is 0 Å². The number of halogens is 1. The minimum Gasteiger partial charge on any atom is -0.379 e. The normalized spacial score (nSPS) is 16.8. The number of aryl methyl sites for hydroxylation is 2. The first-order valence-electron chi connectivity index (χ1n) is 11.5. The molecule has 1 saturated heterocycles. The van der Waals surface area contributed by atoms with Crippen molar-refractivity contribution in [2.24, 2.45) is 0 Å². The van der Waals surface area contributed by atoms with E-state index in [9.17, 15) is 9.18 Å². The maximum Gasteiger partial charge on any atom is 0.260 e. The predicted octanol–water partition coefficient (Wildman–Crippen LogP) is 4.68. The zero-order valence-electron chi connectivity index (χ0n) is 18.2. The molecule has 7 heteroatoms. The molecule has 0 saturated carbocycles. The number of carbonyl (C=O) groups is 1. The number of hydrogen-bond acceptors (Lipinski definition) is 5. The van der Waals surface area contributed by atoms with E-state index in [1.807, 2.05) is 6.07 Å². The van der Waals surface area contributed by atoms with Crippen molar-refractivity contribution in [3.63, 3.8) is 0 Å². The van der Waals surface area contributed by atoms with Crippen LogP contribution in [0.25, 0.3) is 10.2 Å². The first kappa shape index (κ1) is 21.5. The second kappa shape index (κ2) is 9.65. The van der Waals surface area contributed by atoms with Crippen LogP contribution >= 0.6 is 11.3 Å². The monoisotopic (exact) mass is 453 g/mol. The number of rotatable bonds is 6. The average Bonchev–Trinajstić information content (AvgIpc) is 3.24. The molecule has 0 atom stereocenters. The average molecular weight is 454 g/mol. The van der Waals surface area contributed by atoms with Crippen LogP contribution in [0, 0.1) is 5.82 Å². The zero-order chi connectivity index (χ0) is 21.9. The summed E-state index contributed by atoms with van der Waals surface area (Å²) < 4.78 is 19.9. The Morgan fingerprint density at radius 2 is 1.91 bits per heavy atom. The fraction of sp³-hybridized carbons (Fsp3) is 0.440. The molecule has 2 heterocycles. The topological polar surface area (TPSA) is 45.7 Å². The first-order chi connectivity index (χ1) is 15.7. The Morgan fingerprint density at radius 3 is 2.75 bits per heavy atom. The van der Waals surface area contributed by atoms with Gasteiger partial charge in [-0.05, 0) is 73.6 Å². The fourth-order valence-electron chi connectivity index (χ4n) is 4.59. The highest BCUT2D eigenvalue weighted by molar-refractivity contribution is 7.22. The summed E-state index contributed by atoms with van der Waals surface area (Å²) >= 11 is 1.38. The minimum atomic E-state index is -0.285. The van der Waals surface area contributed by atoms with Crippen LogP contribution in [0.5, 0.6) is 0 Å². The molecule has 3 aromatic rings. The van der Waals surface area contributed by atoms with Gasteiger partial charge in [-0.1, -0.05) is 17.4 Å². The molecule has 1 aliphatic carbocycles. The molecule has 1 aromatic heterocycles. The van der Waals surface area contributed by atoms with E-state index in [0.29, 0.717) is 17.2 Å². The summed E-state index contributed by atoms with van der Waals surface area (Å²) in [5, 5.41) is 0.635. The van der Waals surface area contributed by atoms with Gasteiger partial charge in [0.05, 0.1) is 23.4 Å². The number of carbonyl (C=O) groups excluding carboxylic acids is 1. The first-order valence-corrected chi connectivity index (χ1v) is 12.3. The van der Waals surface area contributed by atoms with E-state index in [-0.39, 0.29) is 11.7 Å². The Morgan fingerprint density at radius 1 is 1.09 bits per heavy atom. The number of benzene rings is 2. The van der Waals surface area contributed by atoms with Gasteiger partial charge in [0.1, 0.15) is 5.82 Å². The summed E-state index contributed by atoms with van der Waals surface area (Å²) in [4.78, 5) is 22.5. The summed E-state index contributed by atoms with van der Waals surface area (Å²) in [6.45, 7) is 4.88. The molecule has 0 spiro atoms. The quantitative estimate of drug-likeness (QED) is 0.544. The SMILES string of the molecule is O=C(c1ccc2c(c1)CCCC2)N(CCCN1CCOCC1)c1nc2ccc(F)cc2s1. The van der Waals surface area contributed by atoms with Crippen molar-refractivity contribution in [2.75, 3.05) is 44.3 Å². The van der Waals surface area contributed by atoms with Crippen LogP contribution in [0.3, 0.4) is 0 Å². The second-order valence-electron chi connectivity index (χ2n) is 8.56. The van der Waals surface area contributed by atoms with Gasteiger partial charge in [0, 0.05) is 31.7 Å². The van der Waals surface area contributed by atoms with E-state index in [1.165, 1.54) is 47.4 Å². The van der Waals surface area contributed by atoms with Crippen LogP contribution in [0.15, 0.2) is 36.4 Å². The molecule has 1 amide bonds. The highest BCUT2D eigenvalue weighted by atomic mass is 32.1. The number of nitrogens with zero attached hydrogens (tertiary/aromatic N) is 3. The summed E-state index contributed by atoms with van der Waals surface area (Å²) in [7, 11) is 0. The number of ether oxygens (including phenoxy) is 1. The summed E-state index contributed by atoms with van der Waals surface area (Å²) in [5.41, 5.74) is 4.09. The highest BCUT2D eigenvalue weighted by Gasteiger charge is 2.23. The Bertz CT molecular complexity index is 1110. The summed E-state index contributed by atoms with van der Waals surface area (Å²) in [6.07, 6.45) is 5.37. The lowest BCUT2D eigenvalue weighted by Gasteiger charge is -2.28. The summed E-state index contributed by atoms with van der Waals surface area (Å²) in [6, 6.07) is 10.7. The van der Waals surface area contributed by atoms with Crippen molar-refractivity contribution in [1.29, 1.82) is 0 Å². The Kier molecular flexibility index (Phi) is 6.48. The Balaban J connectivity index is 1.40. The van der Waals surface area contributed by atoms with Crippen LogP contribution < -0.4 is 4.90 Å². The molecular formula is C25H28FN3O2S. The van der Waals surface area contributed by atoms with Gasteiger partial charge >= 0.3 is 0 Å². The van der Waals surface area contributed by atoms with Crippen LogP contribution in [0.4, 0.5) is 9.52 Å². The maximum atomic E-state index is 13.7. The number of morpholine rings is 1. The summed E-state index contributed by atoms with van der Waals surface area (Å²) in [5.74, 6) is -0.313. The van der Waals surface area contributed by atoms with Gasteiger partial charge in [0.15, 0.2) is 5.13 Å². The minimum absolute atomic E-state index is 0.0279. The number of amides is 1. The fourth-order valence-corrected chi connectivity index (χ4v) is 5.60. The van der Waals surface area contributed by atoms with Gasteiger partial charge in [0.25, 0.3) is 5.91 Å². The van der Waals surface area contributed by atoms with Crippen molar-refractivity contribution < 1.29 is 13.9 Å². The van der Waals surface area contributed by atoms with E-state index < -0.39 is 0 Å². The largest absolute Gasteiger partial charge is 0.379 e. The van der Waals surface area contributed by atoms with Gasteiger partial charge in [-0.25, -0.2) is 9.37 Å². The molecule has 0 radical (unpaired) electrons. The van der Waals surface area contributed by atoms with Crippen molar-refractivity contribution in [2.45, 2.75) is 32.1 Å². The lowest BCUT2D eigenvalue weighted by atomic mass is 9.90. The van der Waals surface area contributed by atoms with Gasteiger partial charge in [0.2, 0.25) is 0 Å². The van der Waals surface area contributed by atoms with E-state index in [4.69, 9.17) is 4.74 Å². The van der Waals surface area contributed by atoms with Gasteiger partial charge in [-0.15, -0.1) is 0 Å². The number of hydrogen-bond donors (Lipinski definition) is 0. The second-order valence-corrected chi connectivity index (χ2v) is 9.57. The third-order valence-corrected chi connectivity index (χ3v) is 7.41. The van der Waals surface area contributed by atoms with Gasteiger partial charge < -0.3 is 4.74 Å². The zero-order valence-corrected chi connectivity index (χ0v) is 19.0. The van der Waals surface area contributed by atoms with E-state index in [1.54, 1.807) is 11.0 Å². The van der Waals surface area contributed by atoms with E-state index in [2.05, 4.69) is 22.0 Å². The molecule has 5 nitrogen and oxygen atoms in total. The molecular weight excluding hydrogens is 425 g/mol. The molecule has 2 aliphatic rings. The van der Waals surface area contributed by atoms with Crippen LogP contribution in [-0.4, -0.2) is 55.2 Å².